The molecule has 2 aromatic rings. The van der Waals surface area contributed by atoms with Crippen LogP contribution in [0.1, 0.15) is 0 Å². The van der Waals surface area contributed by atoms with Gasteiger partial charge < -0.3 is 0 Å². The number of aromatic nitrogens is 1. The molecule has 0 unspecified atom stereocenters. The van der Waals surface area contributed by atoms with Crippen molar-refractivity contribution in [1.82, 2.24) is 4.98 Å². The van der Waals surface area contributed by atoms with Crippen molar-refractivity contribution in [2.24, 2.45) is 0 Å². The second kappa shape index (κ2) is 1.21. The van der Waals surface area contributed by atoms with Gasteiger partial charge in [-0.2, -0.15) is 0 Å². The fourth-order valence-corrected chi connectivity index (χ4v) is 1.44. The molecule has 46 valence electrons. The molecule has 3 bridgehead atoms. The number of hydrogen-bond donors (Lipinski definition) is 0. The van der Waals surface area contributed by atoms with Crippen LogP contribution in [-0.2, 0) is 0 Å². The van der Waals surface area contributed by atoms with Crippen LogP contribution in [0.3, 0.4) is 0 Å². The van der Waals surface area contributed by atoms with E-state index in [2.05, 4.69) is 35.3 Å². The molecule has 0 radical (unpaired) electrons. The smallest absolute Gasteiger partial charge is 0.0716 e. The summed E-state index contributed by atoms with van der Waals surface area (Å²) in [5.41, 5.74) is 3.51. The van der Waals surface area contributed by atoms with Gasteiger partial charge in [-0.1, -0.05) is 18.2 Å². The van der Waals surface area contributed by atoms with Gasteiger partial charge >= 0.3 is 0 Å². The van der Waals surface area contributed by atoms with Crippen LogP contribution < -0.4 is 0 Å². The highest BCUT2D eigenvalue weighted by atomic mass is 14.7. The Morgan fingerprint density at radius 3 is 2.90 bits per heavy atom. The van der Waals surface area contributed by atoms with E-state index in [4.69, 9.17) is 0 Å². The Morgan fingerprint density at radius 1 is 1.00 bits per heavy atom. The zero-order chi connectivity index (χ0) is 6.55. The SMILES string of the molecule is c1cc2ccc3nc2cc1-3. The minimum absolute atomic E-state index is 1.12. The van der Waals surface area contributed by atoms with E-state index in [-0.39, 0.29) is 0 Å². The zero-order valence-electron chi connectivity index (χ0n) is 5.33. The molecule has 1 aromatic carbocycles. The van der Waals surface area contributed by atoms with Crippen molar-refractivity contribution in [3.05, 3.63) is 30.3 Å². The van der Waals surface area contributed by atoms with Crippen molar-refractivity contribution < 1.29 is 0 Å². The summed E-state index contributed by atoms with van der Waals surface area (Å²) in [6, 6.07) is 10.5. The van der Waals surface area contributed by atoms with Crippen LogP contribution in [0.25, 0.3) is 22.2 Å². The quantitative estimate of drug-likeness (QED) is 0.451. The Kier molecular flexibility index (Phi) is 0.539. The molecule has 10 heavy (non-hydrogen) atoms. The van der Waals surface area contributed by atoms with Gasteiger partial charge in [0.05, 0.1) is 11.2 Å². The van der Waals surface area contributed by atoms with Gasteiger partial charge in [-0.3, -0.25) is 0 Å². The highest BCUT2D eigenvalue weighted by Crippen LogP contribution is 2.29. The largest absolute Gasteiger partial charge is 0.248 e. The van der Waals surface area contributed by atoms with Crippen LogP contribution in [0.4, 0.5) is 0 Å². The maximum atomic E-state index is 4.37. The molecule has 0 saturated carbocycles. The minimum Gasteiger partial charge on any atom is -0.248 e. The van der Waals surface area contributed by atoms with Gasteiger partial charge in [0.25, 0.3) is 0 Å². The predicted molar refractivity (Wildman–Crippen MR) is 40.7 cm³/mol. The fraction of sp³-hybridized carbons (Fsp3) is 0. The van der Waals surface area contributed by atoms with E-state index in [1.807, 2.05) is 0 Å². The highest BCUT2D eigenvalue weighted by molar-refractivity contribution is 5.90. The average Bonchev–Trinajstić information content (AvgIpc) is 2.19. The van der Waals surface area contributed by atoms with Crippen molar-refractivity contribution in [1.29, 1.82) is 0 Å². The first kappa shape index (κ1) is 4.45. The molecule has 0 amide bonds. The summed E-state index contributed by atoms with van der Waals surface area (Å²) in [6.45, 7) is 0. The van der Waals surface area contributed by atoms with Crippen molar-refractivity contribution >= 4 is 10.9 Å². The predicted octanol–water partition coefficient (Wildman–Crippen LogP) is 2.22. The summed E-state index contributed by atoms with van der Waals surface area (Å²) in [6.07, 6.45) is 0. The number of rotatable bonds is 0. The van der Waals surface area contributed by atoms with Gasteiger partial charge in [0.15, 0.2) is 0 Å². The Balaban J connectivity index is 2.81. The normalized spacial score (nSPS) is 12.0. The first-order valence-corrected chi connectivity index (χ1v) is 3.35. The molecule has 0 saturated heterocycles. The summed E-state index contributed by atoms with van der Waals surface area (Å²) in [7, 11) is 0. The lowest BCUT2D eigenvalue weighted by Crippen LogP contribution is -1.68. The maximum absolute atomic E-state index is 4.37. The fourth-order valence-electron chi connectivity index (χ4n) is 1.44. The molecule has 0 N–H and O–H groups in total. The molecule has 2 heterocycles. The van der Waals surface area contributed by atoms with Crippen LogP contribution in [0.2, 0.25) is 0 Å². The third-order valence-corrected chi connectivity index (χ3v) is 1.99. The molecule has 3 rings (SSSR count). The standard InChI is InChI=1S/C9H5N/c1-2-7-5-9-6(1)3-4-8(7)10-9/h1-5H. The third kappa shape index (κ3) is 0.346. The Morgan fingerprint density at radius 2 is 1.90 bits per heavy atom. The topological polar surface area (TPSA) is 12.9 Å². The molecule has 1 aliphatic heterocycles. The molecule has 1 aliphatic rings. The molecular formula is C9H5N. The number of fused-ring (bicyclic) bond motifs is 3. The van der Waals surface area contributed by atoms with Gasteiger partial charge in [0.1, 0.15) is 0 Å². The van der Waals surface area contributed by atoms with Crippen molar-refractivity contribution in [3.8, 4) is 11.3 Å². The molecule has 1 aromatic heterocycles. The lowest BCUT2D eigenvalue weighted by molar-refractivity contribution is 1.47. The summed E-state index contributed by atoms with van der Waals surface area (Å²) in [5.74, 6) is 0. The van der Waals surface area contributed by atoms with E-state index >= 15 is 0 Å². The van der Waals surface area contributed by atoms with Gasteiger partial charge in [-0.25, -0.2) is 4.98 Å². The lowest BCUT2D eigenvalue weighted by atomic mass is 10.2. The minimum atomic E-state index is 1.12. The molecule has 0 atom stereocenters. The Hall–Kier alpha value is -1.37. The highest BCUT2D eigenvalue weighted by Gasteiger charge is 2.08. The maximum Gasteiger partial charge on any atom is 0.0716 e. The molecule has 0 fully saturated rings. The second-order valence-electron chi connectivity index (χ2n) is 2.60. The van der Waals surface area contributed by atoms with E-state index in [9.17, 15) is 0 Å². The summed E-state index contributed by atoms with van der Waals surface area (Å²) in [5, 5.41) is 1.24. The molecule has 0 aliphatic carbocycles. The number of nitrogens with zero attached hydrogens (tertiary/aromatic N) is 1. The van der Waals surface area contributed by atoms with E-state index < -0.39 is 0 Å². The first-order chi connectivity index (χ1) is 4.93. The van der Waals surface area contributed by atoms with E-state index in [0.717, 1.165) is 11.2 Å². The van der Waals surface area contributed by atoms with Crippen LogP contribution in [0.15, 0.2) is 30.3 Å². The van der Waals surface area contributed by atoms with E-state index in [0.29, 0.717) is 0 Å². The number of benzene rings is 1. The van der Waals surface area contributed by atoms with Gasteiger partial charge in [-0.15, -0.1) is 0 Å². The lowest BCUT2D eigenvalue weighted by Gasteiger charge is -1.84. The number of hydrogen-bond acceptors (Lipinski definition) is 1. The van der Waals surface area contributed by atoms with E-state index in [1.54, 1.807) is 0 Å². The van der Waals surface area contributed by atoms with Gasteiger partial charge in [0, 0.05) is 10.9 Å². The average molecular weight is 127 g/mol. The monoisotopic (exact) mass is 127 g/mol. The summed E-state index contributed by atoms with van der Waals surface area (Å²) < 4.78 is 0. The van der Waals surface area contributed by atoms with E-state index in [1.165, 1.54) is 10.9 Å². The van der Waals surface area contributed by atoms with Crippen LogP contribution in [0, 0.1) is 0 Å². The first-order valence-electron chi connectivity index (χ1n) is 3.35. The van der Waals surface area contributed by atoms with Crippen molar-refractivity contribution in [2.45, 2.75) is 0 Å². The van der Waals surface area contributed by atoms with Gasteiger partial charge in [0.2, 0.25) is 0 Å². The molecular weight excluding hydrogens is 122 g/mol. The summed E-state index contributed by atoms with van der Waals surface area (Å²) in [4.78, 5) is 4.37. The van der Waals surface area contributed by atoms with Crippen LogP contribution in [-0.4, -0.2) is 4.98 Å². The zero-order valence-corrected chi connectivity index (χ0v) is 5.33. The van der Waals surface area contributed by atoms with Crippen molar-refractivity contribution in [3.63, 3.8) is 0 Å². The van der Waals surface area contributed by atoms with Crippen LogP contribution in [0.5, 0.6) is 0 Å². The third-order valence-electron chi connectivity index (χ3n) is 1.99. The Labute approximate surface area is 58.3 Å². The number of pyridine rings is 1. The van der Waals surface area contributed by atoms with Crippen LogP contribution >= 0.6 is 0 Å². The molecule has 0 spiro atoms. The molecule has 1 heteroatoms. The second-order valence-corrected chi connectivity index (χ2v) is 2.60. The van der Waals surface area contributed by atoms with Crippen molar-refractivity contribution in [2.75, 3.05) is 0 Å². The Bertz CT molecular complexity index is 381. The molecule has 1 nitrogen and oxygen atoms in total. The summed E-state index contributed by atoms with van der Waals surface area (Å²) >= 11 is 0. The van der Waals surface area contributed by atoms with Gasteiger partial charge in [-0.05, 0) is 12.1 Å².